The number of hydrogen-bond donors (Lipinski definition) is 2. The lowest BCUT2D eigenvalue weighted by Crippen LogP contribution is -2.35. The van der Waals surface area contributed by atoms with Gasteiger partial charge in [-0.3, -0.25) is 5.41 Å². The van der Waals surface area contributed by atoms with Gasteiger partial charge in [-0.05, 0) is 0 Å². The molecule has 0 aromatic carbocycles. The van der Waals surface area contributed by atoms with E-state index in [1.54, 1.807) is 19.1 Å². The highest BCUT2D eigenvalue weighted by Gasteiger charge is 2.33. The number of nitrogens with one attached hydrogen (secondary N) is 1. The summed E-state index contributed by atoms with van der Waals surface area (Å²) in [6.45, 7) is 1.29. The fraction of sp³-hybridized carbons (Fsp3) is 0.857. The van der Waals surface area contributed by atoms with Gasteiger partial charge < -0.3 is 20.1 Å². The van der Waals surface area contributed by atoms with Gasteiger partial charge in [0, 0.05) is 27.3 Å². The summed E-state index contributed by atoms with van der Waals surface area (Å²) >= 11 is 0. The number of rotatable bonds is 2. The molecule has 0 aliphatic carbocycles. The first-order valence-corrected chi connectivity index (χ1v) is 3.83. The second kappa shape index (κ2) is 3.73. The number of nitrogens with two attached hydrogens (primary N) is 1. The molecule has 0 amide bonds. The summed E-state index contributed by atoms with van der Waals surface area (Å²) < 4.78 is 10.4. The molecule has 0 aromatic heterocycles. The van der Waals surface area contributed by atoms with Crippen molar-refractivity contribution in [3.8, 4) is 0 Å². The molecule has 3 N–H and O–H groups in total. The Balaban J connectivity index is 2.53. The van der Waals surface area contributed by atoms with E-state index in [0.717, 1.165) is 0 Å². The predicted octanol–water partition coefficient (Wildman–Crippen LogP) is -0.775. The molecule has 1 heterocycles. The molecule has 0 aromatic rings. The van der Waals surface area contributed by atoms with Crippen molar-refractivity contribution in [3.63, 3.8) is 0 Å². The van der Waals surface area contributed by atoms with Crippen molar-refractivity contribution in [1.82, 2.24) is 4.90 Å². The summed E-state index contributed by atoms with van der Waals surface area (Å²) in [6.07, 6.45) is 0.0535. The van der Waals surface area contributed by atoms with Gasteiger partial charge in [-0.1, -0.05) is 0 Å². The molecule has 5 nitrogen and oxygen atoms in total. The molecule has 12 heavy (non-hydrogen) atoms. The Kier molecular flexibility index (Phi) is 2.88. The molecular formula is C7H15N3O2. The third-order valence-corrected chi connectivity index (χ3v) is 2.16. The van der Waals surface area contributed by atoms with E-state index in [4.69, 9.17) is 20.6 Å². The third-order valence-electron chi connectivity index (χ3n) is 2.16. The molecule has 2 atom stereocenters. The lowest BCUT2D eigenvalue weighted by Gasteiger charge is -2.13. The Labute approximate surface area is 71.9 Å². The van der Waals surface area contributed by atoms with E-state index < -0.39 is 0 Å². The smallest absolute Gasteiger partial charge is 0.188 e. The van der Waals surface area contributed by atoms with Crippen LogP contribution in [0.15, 0.2) is 0 Å². The SMILES string of the molecule is CO[C@H]1CN(C(=N)N)C[C@@H]1OC. The van der Waals surface area contributed by atoms with Gasteiger partial charge in [-0.25, -0.2) is 0 Å². The van der Waals surface area contributed by atoms with Crippen molar-refractivity contribution in [2.45, 2.75) is 12.2 Å². The van der Waals surface area contributed by atoms with E-state index in [0.29, 0.717) is 13.1 Å². The van der Waals surface area contributed by atoms with E-state index >= 15 is 0 Å². The van der Waals surface area contributed by atoms with Crippen LogP contribution in [0.2, 0.25) is 0 Å². The molecule has 5 heteroatoms. The van der Waals surface area contributed by atoms with Gasteiger partial charge in [-0.2, -0.15) is 0 Å². The Bertz CT molecular complexity index is 162. The molecule has 0 radical (unpaired) electrons. The minimum Gasteiger partial charge on any atom is -0.377 e. The van der Waals surface area contributed by atoms with Crippen LogP contribution < -0.4 is 5.73 Å². The maximum Gasteiger partial charge on any atom is 0.188 e. The van der Waals surface area contributed by atoms with Crippen molar-refractivity contribution >= 4 is 5.96 Å². The first-order chi connectivity index (χ1) is 5.69. The van der Waals surface area contributed by atoms with Crippen molar-refractivity contribution in [2.75, 3.05) is 27.3 Å². The van der Waals surface area contributed by atoms with Crippen molar-refractivity contribution in [2.24, 2.45) is 5.73 Å². The lowest BCUT2D eigenvalue weighted by molar-refractivity contribution is -0.00461. The number of likely N-dealkylation sites (tertiary alicyclic amines) is 1. The van der Waals surface area contributed by atoms with Crippen LogP contribution in [0, 0.1) is 5.41 Å². The molecule has 0 unspecified atom stereocenters. The first-order valence-electron chi connectivity index (χ1n) is 3.83. The number of methoxy groups -OCH3 is 2. The van der Waals surface area contributed by atoms with Gasteiger partial charge in [0.05, 0.1) is 0 Å². The zero-order valence-corrected chi connectivity index (χ0v) is 7.41. The molecule has 1 fully saturated rings. The molecule has 1 rings (SSSR count). The average molecular weight is 173 g/mol. The fourth-order valence-electron chi connectivity index (χ4n) is 1.39. The maximum atomic E-state index is 7.21. The Morgan fingerprint density at radius 3 is 2.00 bits per heavy atom. The Morgan fingerprint density at radius 2 is 1.75 bits per heavy atom. The number of hydrogen-bond acceptors (Lipinski definition) is 3. The number of nitrogens with zero attached hydrogens (tertiary/aromatic N) is 1. The Hall–Kier alpha value is -0.810. The van der Waals surface area contributed by atoms with Crippen molar-refractivity contribution in [3.05, 3.63) is 0 Å². The highest BCUT2D eigenvalue weighted by atomic mass is 16.5. The van der Waals surface area contributed by atoms with E-state index in [-0.39, 0.29) is 18.2 Å². The van der Waals surface area contributed by atoms with Crippen LogP contribution in [-0.2, 0) is 9.47 Å². The van der Waals surface area contributed by atoms with E-state index in [9.17, 15) is 0 Å². The van der Waals surface area contributed by atoms with Crippen LogP contribution in [0.1, 0.15) is 0 Å². The zero-order valence-electron chi connectivity index (χ0n) is 7.41. The molecule has 0 spiro atoms. The van der Waals surface area contributed by atoms with E-state index in [1.807, 2.05) is 0 Å². The minimum atomic E-state index is 0.0268. The second-order valence-electron chi connectivity index (χ2n) is 2.84. The average Bonchev–Trinajstić information content (AvgIpc) is 2.46. The van der Waals surface area contributed by atoms with Crippen molar-refractivity contribution in [1.29, 1.82) is 5.41 Å². The summed E-state index contributed by atoms with van der Waals surface area (Å²) in [4.78, 5) is 1.74. The van der Waals surface area contributed by atoms with Crippen LogP contribution in [0.3, 0.4) is 0 Å². The summed E-state index contributed by atoms with van der Waals surface area (Å²) in [7, 11) is 3.28. The first kappa shape index (κ1) is 9.28. The summed E-state index contributed by atoms with van der Waals surface area (Å²) in [6, 6.07) is 0. The monoisotopic (exact) mass is 173 g/mol. The molecule has 70 valence electrons. The normalized spacial score (nSPS) is 29.3. The molecule has 0 bridgehead atoms. The summed E-state index contributed by atoms with van der Waals surface area (Å²) in [5, 5.41) is 7.21. The van der Waals surface area contributed by atoms with Crippen LogP contribution >= 0.6 is 0 Å². The minimum absolute atomic E-state index is 0.0268. The second-order valence-corrected chi connectivity index (χ2v) is 2.84. The van der Waals surface area contributed by atoms with Crippen LogP contribution in [-0.4, -0.2) is 50.4 Å². The van der Waals surface area contributed by atoms with E-state index in [2.05, 4.69) is 0 Å². The van der Waals surface area contributed by atoms with Gasteiger partial charge in [0.2, 0.25) is 0 Å². The van der Waals surface area contributed by atoms with Gasteiger partial charge in [0.25, 0.3) is 0 Å². The predicted molar refractivity (Wildman–Crippen MR) is 45.1 cm³/mol. The number of ether oxygens (including phenoxy) is 2. The standard InChI is InChI=1S/C7H15N3O2/c1-11-5-3-10(7(8)9)4-6(5)12-2/h5-6H,3-4H2,1-2H3,(H3,8,9)/t5-,6-/m0/s1. The van der Waals surface area contributed by atoms with Gasteiger partial charge in [0.15, 0.2) is 5.96 Å². The van der Waals surface area contributed by atoms with Crippen LogP contribution in [0.4, 0.5) is 0 Å². The van der Waals surface area contributed by atoms with Gasteiger partial charge >= 0.3 is 0 Å². The zero-order chi connectivity index (χ0) is 9.14. The molecule has 1 aliphatic heterocycles. The van der Waals surface area contributed by atoms with Crippen LogP contribution in [0.25, 0.3) is 0 Å². The van der Waals surface area contributed by atoms with Gasteiger partial charge in [-0.15, -0.1) is 0 Å². The molecule has 1 aliphatic rings. The summed E-state index contributed by atoms with van der Waals surface area (Å²) in [5.41, 5.74) is 5.33. The summed E-state index contributed by atoms with van der Waals surface area (Å²) in [5.74, 6) is 0.0802. The third kappa shape index (κ3) is 1.67. The maximum absolute atomic E-state index is 7.21. The highest BCUT2D eigenvalue weighted by molar-refractivity contribution is 5.75. The number of guanidine groups is 1. The lowest BCUT2D eigenvalue weighted by atomic mass is 10.3. The molecule has 0 saturated carbocycles. The van der Waals surface area contributed by atoms with Gasteiger partial charge in [0.1, 0.15) is 12.2 Å². The molecular weight excluding hydrogens is 158 g/mol. The molecule has 1 saturated heterocycles. The van der Waals surface area contributed by atoms with Crippen molar-refractivity contribution < 1.29 is 9.47 Å². The van der Waals surface area contributed by atoms with E-state index in [1.165, 1.54) is 0 Å². The highest BCUT2D eigenvalue weighted by Crippen LogP contribution is 2.14. The van der Waals surface area contributed by atoms with Crippen LogP contribution in [0.5, 0.6) is 0 Å². The quantitative estimate of drug-likeness (QED) is 0.424. The topological polar surface area (TPSA) is 71.6 Å². The Morgan fingerprint density at radius 1 is 1.33 bits per heavy atom. The largest absolute Gasteiger partial charge is 0.377 e. The fourth-order valence-corrected chi connectivity index (χ4v) is 1.39.